The van der Waals surface area contributed by atoms with Crippen LogP contribution in [0.4, 0.5) is 17.1 Å². The monoisotopic (exact) mass is 428 g/mol. The predicted octanol–water partition coefficient (Wildman–Crippen LogP) is 3.36. The Morgan fingerprint density at radius 2 is 1.77 bits per heavy atom. The van der Waals surface area contributed by atoms with E-state index in [4.69, 9.17) is 16.3 Å². The van der Waals surface area contributed by atoms with Crippen LogP contribution in [0.25, 0.3) is 0 Å². The van der Waals surface area contributed by atoms with Crippen LogP contribution in [0.5, 0.6) is 5.75 Å². The minimum Gasteiger partial charge on any atom is -0.495 e. The summed E-state index contributed by atoms with van der Waals surface area (Å²) in [4.78, 5) is 27.7. The summed E-state index contributed by atoms with van der Waals surface area (Å²) in [6, 6.07) is 13.2. The van der Waals surface area contributed by atoms with E-state index in [9.17, 15) is 9.59 Å². The molecule has 1 aliphatic heterocycles. The lowest BCUT2D eigenvalue weighted by Crippen LogP contribution is -2.51. The van der Waals surface area contributed by atoms with Crippen molar-refractivity contribution in [1.82, 2.24) is 9.80 Å². The molecule has 158 valence electrons. The minimum atomic E-state index is -0.107. The number of benzene rings is 2. The molecule has 0 aliphatic carbocycles. The number of nitrogens with one attached hydrogen (secondary N) is 2. The summed E-state index contributed by atoms with van der Waals surface area (Å²) in [7, 11) is 1.55. The molecule has 1 heterocycles. The zero-order valence-electron chi connectivity index (χ0n) is 16.9. The minimum absolute atomic E-state index is 0.0460. The van der Waals surface area contributed by atoms with Gasteiger partial charge in [-0.25, -0.2) is 0 Å². The number of para-hydroxylation sites is 1. The van der Waals surface area contributed by atoms with Gasteiger partial charge in [0.05, 0.1) is 30.1 Å². The van der Waals surface area contributed by atoms with Crippen LogP contribution >= 0.6 is 11.6 Å². The number of ether oxygens (including phenoxy) is 1. The molecule has 0 unspecified atom stereocenters. The maximum Gasteiger partial charge on any atom is 0.246 e. The number of anilines is 3. The van der Waals surface area contributed by atoms with Gasteiger partial charge in [0.15, 0.2) is 0 Å². The van der Waals surface area contributed by atoms with Crippen LogP contribution in [-0.2, 0) is 9.59 Å². The fourth-order valence-corrected chi connectivity index (χ4v) is 3.42. The zero-order chi connectivity index (χ0) is 21.5. The topological polar surface area (TPSA) is 73.9 Å². The van der Waals surface area contributed by atoms with Gasteiger partial charge in [0.25, 0.3) is 0 Å². The van der Waals surface area contributed by atoms with Gasteiger partial charge in [0.1, 0.15) is 5.75 Å². The Balaban J connectivity index is 1.64. The molecule has 1 saturated heterocycles. The van der Waals surface area contributed by atoms with Crippen LogP contribution in [0.1, 0.15) is 0 Å². The lowest BCUT2D eigenvalue weighted by atomic mass is 10.2. The first-order chi connectivity index (χ1) is 14.5. The lowest BCUT2D eigenvalue weighted by molar-refractivity contribution is -0.135. The van der Waals surface area contributed by atoms with Gasteiger partial charge < -0.3 is 25.2 Å². The molecular formula is C22H25ClN4O3. The van der Waals surface area contributed by atoms with Crippen molar-refractivity contribution in [1.29, 1.82) is 0 Å². The Hall–Kier alpha value is -3.19. The molecule has 2 aromatic carbocycles. The molecule has 7 nitrogen and oxygen atoms in total. The molecule has 8 heteroatoms. The summed E-state index contributed by atoms with van der Waals surface area (Å²) in [5.74, 6) is 0.396. The summed E-state index contributed by atoms with van der Waals surface area (Å²) in [6.45, 7) is 5.62. The Bertz CT molecular complexity index is 912. The van der Waals surface area contributed by atoms with Crippen LogP contribution in [0.3, 0.4) is 0 Å². The molecule has 1 fully saturated rings. The average Bonchev–Trinajstić information content (AvgIpc) is 2.79. The average molecular weight is 429 g/mol. The van der Waals surface area contributed by atoms with E-state index in [1.54, 1.807) is 23.0 Å². The SMILES string of the molecule is C=CC(=O)N1CCN(C(=O)CNc2cc(Nc3ccccc3)c(Cl)cc2OC)CC1. The molecule has 2 aromatic rings. The highest BCUT2D eigenvalue weighted by molar-refractivity contribution is 6.33. The van der Waals surface area contributed by atoms with E-state index in [0.29, 0.717) is 48.3 Å². The van der Waals surface area contributed by atoms with E-state index < -0.39 is 0 Å². The first-order valence-electron chi connectivity index (χ1n) is 9.64. The van der Waals surface area contributed by atoms with E-state index in [0.717, 1.165) is 5.69 Å². The van der Waals surface area contributed by atoms with Gasteiger partial charge in [0, 0.05) is 37.9 Å². The number of nitrogens with zero attached hydrogens (tertiary/aromatic N) is 2. The largest absolute Gasteiger partial charge is 0.495 e. The van der Waals surface area contributed by atoms with Gasteiger partial charge in [-0.15, -0.1) is 0 Å². The van der Waals surface area contributed by atoms with Gasteiger partial charge >= 0.3 is 0 Å². The van der Waals surface area contributed by atoms with E-state index in [2.05, 4.69) is 17.2 Å². The second-order valence-electron chi connectivity index (χ2n) is 6.79. The number of halogens is 1. The molecule has 0 bridgehead atoms. The summed E-state index contributed by atoms with van der Waals surface area (Å²) in [5, 5.41) is 6.93. The number of methoxy groups -OCH3 is 1. The normalized spacial score (nSPS) is 13.5. The molecule has 1 aliphatic rings. The predicted molar refractivity (Wildman–Crippen MR) is 120 cm³/mol. The van der Waals surface area contributed by atoms with Gasteiger partial charge in [-0.05, 0) is 24.3 Å². The number of hydrogen-bond donors (Lipinski definition) is 2. The Kier molecular flexibility index (Phi) is 7.19. The number of piperazine rings is 1. The highest BCUT2D eigenvalue weighted by Gasteiger charge is 2.23. The fourth-order valence-electron chi connectivity index (χ4n) is 3.22. The smallest absolute Gasteiger partial charge is 0.246 e. The summed E-state index contributed by atoms with van der Waals surface area (Å²) in [6.07, 6.45) is 1.30. The molecule has 30 heavy (non-hydrogen) atoms. The van der Waals surface area contributed by atoms with Crippen molar-refractivity contribution >= 4 is 40.5 Å². The third kappa shape index (κ3) is 5.24. The van der Waals surface area contributed by atoms with Crippen LogP contribution in [0.15, 0.2) is 55.1 Å². The first kappa shape index (κ1) is 21.5. The van der Waals surface area contributed by atoms with Gasteiger partial charge in [-0.3, -0.25) is 9.59 Å². The van der Waals surface area contributed by atoms with E-state index >= 15 is 0 Å². The maximum absolute atomic E-state index is 12.6. The lowest BCUT2D eigenvalue weighted by Gasteiger charge is -2.34. The van der Waals surface area contributed by atoms with Gasteiger partial charge in [-0.2, -0.15) is 0 Å². The third-order valence-corrected chi connectivity index (χ3v) is 5.20. The van der Waals surface area contributed by atoms with Crippen molar-refractivity contribution in [3.8, 4) is 5.75 Å². The second kappa shape index (κ2) is 10.0. The molecule has 0 saturated carbocycles. The summed E-state index contributed by atoms with van der Waals surface area (Å²) >= 11 is 6.38. The number of hydrogen-bond acceptors (Lipinski definition) is 5. The van der Waals surface area contributed by atoms with Crippen molar-refractivity contribution in [2.24, 2.45) is 0 Å². The maximum atomic E-state index is 12.6. The summed E-state index contributed by atoms with van der Waals surface area (Å²) < 4.78 is 5.41. The van der Waals surface area contributed by atoms with Crippen LogP contribution < -0.4 is 15.4 Å². The zero-order valence-corrected chi connectivity index (χ0v) is 17.6. The molecule has 2 N–H and O–H groups in total. The highest BCUT2D eigenvalue weighted by Crippen LogP contribution is 2.36. The van der Waals surface area contributed by atoms with Gasteiger partial charge in [0.2, 0.25) is 11.8 Å². The van der Waals surface area contributed by atoms with Crippen molar-refractivity contribution < 1.29 is 14.3 Å². The Morgan fingerprint density at radius 1 is 1.10 bits per heavy atom. The van der Waals surface area contributed by atoms with Crippen molar-refractivity contribution in [2.45, 2.75) is 0 Å². The third-order valence-electron chi connectivity index (χ3n) is 4.89. The van der Waals surface area contributed by atoms with E-state index in [1.165, 1.54) is 6.08 Å². The molecular weight excluding hydrogens is 404 g/mol. The van der Waals surface area contributed by atoms with Crippen molar-refractivity contribution in [3.05, 3.63) is 60.1 Å². The van der Waals surface area contributed by atoms with Crippen LogP contribution in [0, 0.1) is 0 Å². The standard InChI is InChI=1S/C22H25ClN4O3/c1-3-21(28)26-9-11-27(12-10-26)22(29)15-24-19-14-18(17(23)13-20(19)30-2)25-16-7-5-4-6-8-16/h3-8,13-14,24-25H,1,9-12,15H2,2H3. The van der Waals surface area contributed by atoms with Crippen LogP contribution in [0.2, 0.25) is 5.02 Å². The quantitative estimate of drug-likeness (QED) is 0.661. The number of rotatable bonds is 7. The van der Waals surface area contributed by atoms with Gasteiger partial charge in [-0.1, -0.05) is 36.4 Å². The molecule has 0 atom stereocenters. The van der Waals surface area contributed by atoms with Crippen LogP contribution in [-0.4, -0.2) is 61.4 Å². The second-order valence-corrected chi connectivity index (χ2v) is 7.19. The Morgan fingerprint density at radius 3 is 2.40 bits per heavy atom. The molecule has 0 spiro atoms. The number of carbonyl (C=O) groups is 2. The number of amides is 2. The van der Waals surface area contributed by atoms with E-state index in [1.807, 2.05) is 36.4 Å². The fraction of sp³-hybridized carbons (Fsp3) is 0.273. The Labute approximate surface area is 181 Å². The highest BCUT2D eigenvalue weighted by atomic mass is 35.5. The molecule has 0 aromatic heterocycles. The molecule has 0 radical (unpaired) electrons. The molecule has 2 amide bonds. The molecule has 3 rings (SSSR count). The van der Waals surface area contributed by atoms with Crippen molar-refractivity contribution in [2.75, 3.05) is 50.5 Å². The number of carbonyl (C=O) groups excluding carboxylic acids is 2. The summed E-state index contributed by atoms with van der Waals surface area (Å²) in [5.41, 5.74) is 2.27. The van der Waals surface area contributed by atoms with E-state index in [-0.39, 0.29) is 18.4 Å². The van der Waals surface area contributed by atoms with Crippen molar-refractivity contribution in [3.63, 3.8) is 0 Å². The first-order valence-corrected chi connectivity index (χ1v) is 10.0.